The number of benzene rings is 2. The number of aromatic nitrogens is 2. The number of aromatic carboxylic acids is 1. The van der Waals surface area contributed by atoms with E-state index in [4.69, 9.17) is 0 Å². The molecule has 0 fully saturated rings. The van der Waals surface area contributed by atoms with Crippen LogP contribution in [-0.4, -0.2) is 21.5 Å². The number of hydrogen-bond donors (Lipinski definition) is 0. The minimum absolute atomic E-state index is 0.0178. The van der Waals surface area contributed by atoms with E-state index in [9.17, 15) is 28.3 Å². The van der Waals surface area contributed by atoms with Gasteiger partial charge in [-0.25, -0.2) is 13.5 Å². The van der Waals surface area contributed by atoms with E-state index in [1.54, 1.807) is 0 Å². The highest BCUT2D eigenvalue weighted by atomic mass is 19.1. The quantitative estimate of drug-likeness (QED) is 0.657. The van der Waals surface area contributed by atoms with Crippen molar-refractivity contribution in [3.05, 3.63) is 75.7 Å². The number of fused-ring (bicyclic) bond motifs is 1. The fourth-order valence-electron chi connectivity index (χ4n) is 2.43. The Morgan fingerprint density at radius 2 is 1.76 bits per heavy atom. The summed E-state index contributed by atoms with van der Waals surface area (Å²) in [7, 11) is 0. The van der Waals surface area contributed by atoms with E-state index in [0.717, 1.165) is 12.1 Å². The van der Waals surface area contributed by atoms with Gasteiger partial charge in [0.1, 0.15) is 23.9 Å². The molecule has 1 heterocycles. The van der Waals surface area contributed by atoms with Gasteiger partial charge in [-0.2, -0.15) is 5.10 Å². The Labute approximate surface area is 138 Å². The van der Waals surface area contributed by atoms with Crippen molar-refractivity contribution in [3.63, 3.8) is 0 Å². The van der Waals surface area contributed by atoms with Crippen LogP contribution in [0.15, 0.2) is 47.3 Å². The fourth-order valence-corrected chi connectivity index (χ4v) is 2.43. The van der Waals surface area contributed by atoms with E-state index in [-0.39, 0.29) is 10.8 Å². The molecule has 8 heteroatoms. The van der Waals surface area contributed by atoms with Gasteiger partial charge in [-0.1, -0.05) is 18.2 Å². The first-order valence-electron chi connectivity index (χ1n) is 7.08. The lowest BCUT2D eigenvalue weighted by Crippen LogP contribution is -2.32. The van der Waals surface area contributed by atoms with Crippen LogP contribution in [0.1, 0.15) is 20.8 Å². The van der Waals surface area contributed by atoms with Crippen LogP contribution < -0.4 is 10.7 Å². The first kappa shape index (κ1) is 16.4. The van der Waals surface area contributed by atoms with Gasteiger partial charge in [-0.15, -0.1) is 0 Å². The third-order valence-corrected chi connectivity index (χ3v) is 3.58. The molecule has 0 radical (unpaired) electrons. The Morgan fingerprint density at radius 1 is 1.08 bits per heavy atom. The molecule has 0 saturated carbocycles. The molecular weight excluding hydrogens is 334 g/mol. The summed E-state index contributed by atoms with van der Waals surface area (Å²) >= 11 is 0. The Bertz CT molecular complexity index is 1080. The number of Topliss-reactive ketones (excluding diaryl/α,β-unsaturated/α-hetero) is 1. The van der Waals surface area contributed by atoms with Crippen molar-refractivity contribution in [2.24, 2.45) is 0 Å². The maximum atomic E-state index is 13.7. The van der Waals surface area contributed by atoms with E-state index >= 15 is 0 Å². The van der Waals surface area contributed by atoms with Gasteiger partial charge < -0.3 is 9.90 Å². The Kier molecular flexibility index (Phi) is 4.10. The zero-order chi connectivity index (χ0) is 18.1. The van der Waals surface area contributed by atoms with Crippen LogP contribution >= 0.6 is 0 Å². The molecule has 2 aromatic carbocycles. The molecule has 0 aliphatic heterocycles. The van der Waals surface area contributed by atoms with Crippen LogP contribution in [0.25, 0.3) is 10.8 Å². The van der Waals surface area contributed by atoms with Gasteiger partial charge in [0.15, 0.2) is 5.78 Å². The molecule has 0 saturated heterocycles. The van der Waals surface area contributed by atoms with Crippen LogP contribution in [-0.2, 0) is 6.54 Å². The first-order chi connectivity index (χ1) is 11.9. The predicted molar refractivity (Wildman–Crippen MR) is 81.0 cm³/mol. The maximum absolute atomic E-state index is 13.7. The van der Waals surface area contributed by atoms with E-state index in [1.165, 1.54) is 24.3 Å². The van der Waals surface area contributed by atoms with Gasteiger partial charge in [-0.05, 0) is 24.3 Å². The number of hydrogen-bond acceptors (Lipinski definition) is 5. The van der Waals surface area contributed by atoms with E-state index in [1.807, 2.05) is 0 Å². The normalized spacial score (nSPS) is 10.8. The third-order valence-electron chi connectivity index (χ3n) is 3.58. The molecular formula is C17H9F2N2O4-. The molecule has 3 aromatic rings. The summed E-state index contributed by atoms with van der Waals surface area (Å²) < 4.78 is 27.5. The highest BCUT2D eigenvalue weighted by molar-refractivity contribution is 6.00. The van der Waals surface area contributed by atoms with Gasteiger partial charge in [0, 0.05) is 5.39 Å². The second-order valence-corrected chi connectivity index (χ2v) is 5.19. The Hall–Kier alpha value is -3.42. The molecule has 0 bridgehead atoms. The van der Waals surface area contributed by atoms with Crippen LogP contribution in [0.4, 0.5) is 8.78 Å². The summed E-state index contributed by atoms with van der Waals surface area (Å²) in [6.07, 6.45) is 0. The second-order valence-electron chi connectivity index (χ2n) is 5.19. The van der Waals surface area contributed by atoms with Crippen molar-refractivity contribution in [1.82, 2.24) is 9.78 Å². The van der Waals surface area contributed by atoms with E-state index in [0.29, 0.717) is 10.7 Å². The smallest absolute Gasteiger partial charge is 0.275 e. The predicted octanol–water partition coefficient (Wildman–Crippen LogP) is 0.921. The largest absolute Gasteiger partial charge is 0.543 e. The van der Waals surface area contributed by atoms with E-state index in [2.05, 4.69) is 5.10 Å². The molecule has 0 atom stereocenters. The van der Waals surface area contributed by atoms with Crippen molar-refractivity contribution >= 4 is 22.5 Å². The Morgan fingerprint density at radius 3 is 2.44 bits per heavy atom. The monoisotopic (exact) mass is 343 g/mol. The molecule has 0 amide bonds. The minimum atomic E-state index is -1.63. The number of carboxylic acids is 1. The average Bonchev–Trinajstić information content (AvgIpc) is 2.59. The fraction of sp³-hybridized carbons (Fsp3) is 0.0588. The summed E-state index contributed by atoms with van der Waals surface area (Å²) in [6.45, 7) is -0.746. The summed E-state index contributed by atoms with van der Waals surface area (Å²) in [5.41, 5.74) is -1.81. The summed E-state index contributed by atoms with van der Waals surface area (Å²) in [6, 6.07) is 8.12. The minimum Gasteiger partial charge on any atom is -0.543 e. The second kappa shape index (κ2) is 6.23. The number of nitrogens with zero attached hydrogens (tertiary/aromatic N) is 2. The average molecular weight is 343 g/mol. The molecule has 1 aromatic heterocycles. The standard InChI is InChI=1S/C17H10F2N2O4/c18-9-5-6-13(19)12(7-9)14(22)8-21-16(23)11-4-2-1-3-10(11)15(20-21)17(24)25/h1-7H,8H2,(H,24,25)/p-1. The van der Waals surface area contributed by atoms with Gasteiger partial charge in [0.25, 0.3) is 5.56 Å². The first-order valence-corrected chi connectivity index (χ1v) is 7.08. The molecule has 6 nitrogen and oxygen atoms in total. The van der Waals surface area contributed by atoms with Crippen LogP contribution in [0.3, 0.4) is 0 Å². The highest BCUT2D eigenvalue weighted by Gasteiger charge is 2.17. The third kappa shape index (κ3) is 3.01. The zero-order valence-electron chi connectivity index (χ0n) is 12.5. The van der Waals surface area contributed by atoms with Gasteiger partial charge >= 0.3 is 0 Å². The van der Waals surface area contributed by atoms with Crippen LogP contribution in [0.2, 0.25) is 0 Å². The number of carboxylic acid groups (broad SMARTS) is 1. The molecule has 0 unspecified atom stereocenters. The molecule has 0 aliphatic carbocycles. The van der Waals surface area contributed by atoms with Crippen LogP contribution in [0.5, 0.6) is 0 Å². The van der Waals surface area contributed by atoms with E-state index < -0.39 is 46.7 Å². The maximum Gasteiger partial charge on any atom is 0.275 e. The van der Waals surface area contributed by atoms with Crippen molar-refractivity contribution < 1.29 is 23.5 Å². The molecule has 0 spiro atoms. The summed E-state index contributed by atoms with van der Waals surface area (Å²) in [5.74, 6) is -4.33. The van der Waals surface area contributed by atoms with Crippen molar-refractivity contribution in [1.29, 1.82) is 0 Å². The molecule has 25 heavy (non-hydrogen) atoms. The number of halogens is 2. The number of ketones is 1. The SMILES string of the molecule is O=C(Cn1nc(C(=O)[O-])c2ccccc2c1=O)c1cc(F)ccc1F. The number of carbonyl (C=O) groups is 2. The topological polar surface area (TPSA) is 92.1 Å². The van der Waals surface area contributed by atoms with Crippen molar-refractivity contribution in [2.75, 3.05) is 0 Å². The zero-order valence-corrected chi connectivity index (χ0v) is 12.5. The molecule has 0 aliphatic rings. The number of carbonyl (C=O) groups excluding carboxylic acids is 2. The lowest BCUT2D eigenvalue weighted by atomic mass is 10.1. The Balaban J connectivity index is 2.12. The summed E-state index contributed by atoms with van der Waals surface area (Å²) in [4.78, 5) is 35.8. The summed E-state index contributed by atoms with van der Waals surface area (Å²) in [5, 5.41) is 15.0. The van der Waals surface area contributed by atoms with Gasteiger partial charge in [0.2, 0.25) is 0 Å². The molecule has 3 rings (SSSR count). The van der Waals surface area contributed by atoms with Crippen molar-refractivity contribution in [2.45, 2.75) is 6.54 Å². The van der Waals surface area contributed by atoms with Crippen molar-refractivity contribution in [3.8, 4) is 0 Å². The highest BCUT2D eigenvalue weighted by Crippen LogP contribution is 2.14. The van der Waals surface area contributed by atoms with Gasteiger partial charge in [-0.3, -0.25) is 9.59 Å². The van der Waals surface area contributed by atoms with Gasteiger partial charge in [0.05, 0.1) is 16.9 Å². The molecule has 0 N–H and O–H groups in total. The molecule has 126 valence electrons. The number of rotatable bonds is 4. The lowest BCUT2D eigenvalue weighted by Gasteiger charge is -2.11. The lowest BCUT2D eigenvalue weighted by molar-refractivity contribution is -0.255. The van der Waals surface area contributed by atoms with Crippen LogP contribution in [0, 0.1) is 11.6 Å².